The summed E-state index contributed by atoms with van der Waals surface area (Å²) in [7, 11) is 0. The highest BCUT2D eigenvalue weighted by molar-refractivity contribution is 6.02. The molecule has 36 heavy (non-hydrogen) atoms. The minimum Gasteiger partial charge on any atom is -0.494 e. The third-order valence-corrected chi connectivity index (χ3v) is 8.00. The summed E-state index contributed by atoms with van der Waals surface area (Å²) in [6.45, 7) is 9.88. The minimum absolute atomic E-state index is 0.0307. The summed E-state index contributed by atoms with van der Waals surface area (Å²) in [5.41, 5.74) is -0.480. The second-order valence-corrected chi connectivity index (χ2v) is 10.5. The Bertz CT molecular complexity index is 982. The van der Waals surface area contributed by atoms with E-state index in [1.54, 1.807) is 24.3 Å². The molecule has 3 N–H and O–H groups in total. The maximum absolute atomic E-state index is 14.0. The molecular weight excluding hydrogens is 462 g/mol. The van der Waals surface area contributed by atoms with Crippen molar-refractivity contribution in [1.82, 2.24) is 10.2 Å². The highest BCUT2D eigenvalue weighted by atomic mass is 16.5. The summed E-state index contributed by atoms with van der Waals surface area (Å²) in [5.74, 6) is -1.69. The van der Waals surface area contributed by atoms with Crippen LogP contribution in [0.2, 0.25) is 0 Å². The van der Waals surface area contributed by atoms with Crippen molar-refractivity contribution in [3.8, 4) is 5.75 Å². The predicted octanol–water partition coefficient (Wildman–Crippen LogP) is 2.33. The normalized spacial score (nSPS) is 30.3. The van der Waals surface area contributed by atoms with E-state index in [2.05, 4.69) is 10.6 Å². The van der Waals surface area contributed by atoms with Crippen molar-refractivity contribution in [3.05, 3.63) is 24.3 Å². The number of carbonyl (C=O) groups is 3. The number of aliphatic hydroxyl groups excluding tert-OH is 1. The molecule has 0 saturated carbocycles. The Morgan fingerprint density at radius 2 is 1.89 bits per heavy atom. The first-order valence-electron chi connectivity index (χ1n) is 13.1. The molecule has 1 spiro atoms. The van der Waals surface area contributed by atoms with Crippen LogP contribution in [0.25, 0.3) is 0 Å². The molecule has 3 fully saturated rings. The van der Waals surface area contributed by atoms with Crippen LogP contribution in [0.1, 0.15) is 53.9 Å². The van der Waals surface area contributed by atoms with Gasteiger partial charge in [-0.2, -0.15) is 0 Å². The average molecular weight is 502 g/mol. The number of hydrogen-bond donors (Lipinski definition) is 3. The van der Waals surface area contributed by atoms with Crippen molar-refractivity contribution in [1.29, 1.82) is 0 Å². The number of rotatable bonds is 10. The van der Waals surface area contributed by atoms with Gasteiger partial charge in [0.25, 0.3) is 0 Å². The van der Waals surface area contributed by atoms with Gasteiger partial charge < -0.3 is 30.1 Å². The lowest BCUT2D eigenvalue weighted by atomic mass is 9.70. The molecule has 3 aliphatic heterocycles. The summed E-state index contributed by atoms with van der Waals surface area (Å²) in [4.78, 5) is 42.7. The predicted molar refractivity (Wildman–Crippen MR) is 134 cm³/mol. The third-order valence-electron chi connectivity index (χ3n) is 8.00. The van der Waals surface area contributed by atoms with Gasteiger partial charge in [-0.25, -0.2) is 0 Å². The Morgan fingerprint density at radius 1 is 1.19 bits per heavy atom. The minimum atomic E-state index is -1.08. The third kappa shape index (κ3) is 4.36. The van der Waals surface area contributed by atoms with E-state index in [1.807, 2.05) is 34.6 Å². The average Bonchev–Trinajstić information content (AvgIpc) is 3.48. The fourth-order valence-corrected chi connectivity index (χ4v) is 6.25. The number of aliphatic hydroxyl groups is 1. The van der Waals surface area contributed by atoms with Crippen molar-refractivity contribution in [2.75, 3.05) is 18.5 Å². The van der Waals surface area contributed by atoms with Gasteiger partial charge in [-0.1, -0.05) is 20.3 Å². The number of benzene rings is 1. The number of fused-ring (bicyclic) bond motifs is 1. The number of amides is 3. The summed E-state index contributed by atoms with van der Waals surface area (Å²) < 4.78 is 11.9. The van der Waals surface area contributed by atoms with Gasteiger partial charge in [0.2, 0.25) is 17.7 Å². The van der Waals surface area contributed by atoms with E-state index in [9.17, 15) is 19.5 Å². The van der Waals surface area contributed by atoms with E-state index < -0.39 is 35.6 Å². The first-order valence-corrected chi connectivity index (χ1v) is 13.1. The molecule has 1 aromatic rings. The lowest BCUT2D eigenvalue weighted by Gasteiger charge is -2.39. The molecule has 0 aliphatic carbocycles. The van der Waals surface area contributed by atoms with E-state index in [0.29, 0.717) is 30.9 Å². The number of carbonyl (C=O) groups excluding carboxylic acids is 3. The second kappa shape index (κ2) is 10.4. The zero-order valence-corrected chi connectivity index (χ0v) is 21.8. The quantitative estimate of drug-likeness (QED) is 0.453. The monoisotopic (exact) mass is 501 g/mol. The van der Waals surface area contributed by atoms with E-state index in [0.717, 1.165) is 6.42 Å². The van der Waals surface area contributed by atoms with Gasteiger partial charge in [0.1, 0.15) is 17.4 Å². The fraction of sp³-hybridized carbons (Fsp3) is 0.667. The second-order valence-electron chi connectivity index (χ2n) is 10.5. The molecule has 7 atom stereocenters. The lowest BCUT2D eigenvalue weighted by molar-refractivity contribution is -0.146. The van der Waals surface area contributed by atoms with Crippen LogP contribution in [0, 0.1) is 17.8 Å². The van der Waals surface area contributed by atoms with Gasteiger partial charge in [0.15, 0.2) is 0 Å². The SMILES string of the molecule is CCOc1ccc(NC(=O)[C@@H]2[C@@H]3CCC4(O3)C(C(=O)NC(C)C)N([C@@H](CO)[C@@H](C)CC)C(=O)[C@H]24)cc1. The molecule has 2 unspecified atom stereocenters. The molecule has 3 amide bonds. The topological polar surface area (TPSA) is 117 Å². The first kappa shape index (κ1) is 26.4. The van der Waals surface area contributed by atoms with Gasteiger partial charge in [0, 0.05) is 11.7 Å². The molecular formula is C27H39N3O6. The molecule has 3 aliphatic rings. The van der Waals surface area contributed by atoms with Crippen molar-refractivity contribution in [3.63, 3.8) is 0 Å². The number of nitrogens with one attached hydrogen (secondary N) is 2. The molecule has 3 saturated heterocycles. The van der Waals surface area contributed by atoms with Gasteiger partial charge in [-0.3, -0.25) is 14.4 Å². The van der Waals surface area contributed by atoms with E-state index in [4.69, 9.17) is 9.47 Å². The van der Waals surface area contributed by atoms with Crippen molar-refractivity contribution >= 4 is 23.4 Å². The fourth-order valence-electron chi connectivity index (χ4n) is 6.25. The van der Waals surface area contributed by atoms with E-state index >= 15 is 0 Å². The summed E-state index contributed by atoms with van der Waals surface area (Å²) >= 11 is 0. The van der Waals surface area contributed by atoms with Gasteiger partial charge >= 0.3 is 0 Å². The van der Waals surface area contributed by atoms with Gasteiger partial charge in [-0.15, -0.1) is 0 Å². The number of anilines is 1. The molecule has 0 aromatic heterocycles. The maximum Gasteiger partial charge on any atom is 0.246 e. The van der Waals surface area contributed by atoms with Gasteiger partial charge in [0.05, 0.1) is 37.2 Å². The molecule has 1 aromatic carbocycles. The van der Waals surface area contributed by atoms with E-state index in [1.165, 1.54) is 4.90 Å². The van der Waals surface area contributed by atoms with Crippen LogP contribution in [0.5, 0.6) is 5.75 Å². The highest BCUT2D eigenvalue weighted by Crippen LogP contribution is 2.59. The first-order chi connectivity index (χ1) is 17.2. The van der Waals surface area contributed by atoms with Crippen LogP contribution in [0.3, 0.4) is 0 Å². The Labute approximate surface area is 212 Å². The van der Waals surface area contributed by atoms with Crippen LogP contribution in [0.4, 0.5) is 5.69 Å². The number of nitrogens with zero attached hydrogens (tertiary/aromatic N) is 1. The number of ether oxygens (including phenoxy) is 2. The summed E-state index contributed by atoms with van der Waals surface area (Å²) in [6.07, 6.45) is 1.41. The molecule has 198 valence electrons. The maximum atomic E-state index is 14.0. The highest BCUT2D eigenvalue weighted by Gasteiger charge is 2.75. The molecule has 3 heterocycles. The Balaban J connectivity index is 1.66. The van der Waals surface area contributed by atoms with Crippen LogP contribution >= 0.6 is 0 Å². The van der Waals surface area contributed by atoms with E-state index in [-0.39, 0.29) is 36.3 Å². The molecule has 9 heteroatoms. The summed E-state index contributed by atoms with van der Waals surface area (Å²) in [6, 6.07) is 5.53. The smallest absolute Gasteiger partial charge is 0.246 e. The van der Waals surface area contributed by atoms with Crippen LogP contribution < -0.4 is 15.4 Å². The zero-order valence-electron chi connectivity index (χ0n) is 21.8. The molecule has 2 bridgehead atoms. The number of hydrogen-bond acceptors (Lipinski definition) is 6. The molecule has 9 nitrogen and oxygen atoms in total. The molecule has 0 radical (unpaired) electrons. The summed E-state index contributed by atoms with van der Waals surface area (Å²) in [5, 5.41) is 16.2. The zero-order chi connectivity index (χ0) is 26.2. The Morgan fingerprint density at radius 3 is 2.47 bits per heavy atom. The van der Waals surface area contributed by atoms with Crippen LogP contribution in [0.15, 0.2) is 24.3 Å². The standard InChI is InChI=1S/C27H39N3O6/c1-6-16(5)19(14-31)30-23(25(33)28-15(3)4)27-13-12-20(36-27)21(22(27)26(30)34)24(32)29-17-8-10-18(11-9-17)35-7-2/h8-11,15-16,19-23,31H,6-7,12-14H2,1-5H3,(H,28,33)(H,29,32)/t16-,19-,20-,21+,22-,23?,27?/m0/s1. The van der Waals surface area contributed by atoms with Crippen molar-refractivity contribution < 1.29 is 29.0 Å². The lowest BCUT2D eigenvalue weighted by Crippen LogP contribution is -2.59. The Hall–Kier alpha value is -2.65. The van der Waals surface area contributed by atoms with Crippen LogP contribution in [-0.2, 0) is 19.1 Å². The van der Waals surface area contributed by atoms with Gasteiger partial charge in [-0.05, 0) is 63.8 Å². The van der Waals surface area contributed by atoms with Crippen molar-refractivity contribution in [2.24, 2.45) is 17.8 Å². The largest absolute Gasteiger partial charge is 0.494 e. The Kier molecular flexibility index (Phi) is 7.61. The van der Waals surface area contributed by atoms with Crippen LogP contribution in [-0.4, -0.2) is 70.8 Å². The molecule has 4 rings (SSSR count). The van der Waals surface area contributed by atoms with Crippen molar-refractivity contribution in [2.45, 2.75) is 83.7 Å². The number of likely N-dealkylation sites (tertiary alicyclic amines) is 1.